The molecular formula is C16H19ClN2O. The fourth-order valence-electron chi connectivity index (χ4n) is 2.13. The largest absolute Gasteiger partial charge is 0.314 e. The lowest BCUT2D eigenvalue weighted by Crippen LogP contribution is -2.31. The van der Waals surface area contributed by atoms with Crippen LogP contribution in [0.5, 0.6) is 0 Å². The third-order valence-corrected chi connectivity index (χ3v) is 3.37. The van der Waals surface area contributed by atoms with Crippen molar-refractivity contribution >= 4 is 11.6 Å². The van der Waals surface area contributed by atoms with Gasteiger partial charge in [0.2, 0.25) is 0 Å². The summed E-state index contributed by atoms with van der Waals surface area (Å²) in [5, 5.41) is 0. The van der Waals surface area contributed by atoms with Gasteiger partial charge < -0.3 is 4.57 Å². The quantitative estimate of drug-likeness (QED) is 0.733. The lowest BCUT2D eigenvalue weighted by atomic mass is 10.2. The highest BCUT2D eigenvalue weighted by Gasteiger charge is 2.06. The number of pyridine rings is 1. The lowest BCUT2D eigenvalue weighted by molar-refractivity contribution is 0.268. The summed E-state index contributed by atoms with van der Waals surface area (Å²) < 4.78 is 1.73. The maximum Gasteiger partial charge on any atom is 0.250 e. The summed E-state index contributed by atoms with van der Waals surface area (Å²) in [6, 6.07) is 15.5. The molecule has 0 aliphatic carbocycles. The molecule has 0 bridgehead atoms. The van der Waals surface area contributed by atoms with E-state index in [0.717, 1.165) is 19.6 Å². The van der Waals surface area contributed by atoms with Crippen molar-refractivity contribution < 1.29 is 0 Å². The van der Waals surface area contributed by atoms with Gasteiger partial charge in [-0.15, -0.1) is 11.6 Å². The van der Waals surface area contributed by atoms with Gasteiger partial charge in [0.05, 0.1) is 0 Å². The molecule has 0 amide bonds. The lowest BCUT2D eigenvalue weighted by Gasteiger charge is -2.21. The molecule has 0 saturated heterocycles. The molecule has 0 aliphatic heterocycles. The molecule has 0 fully saturated rings. The van der Waals surface area contributed by atoms with Crippen molar-refractivity contribution in [3.8, 4) is 0 Å². The Balaban J connectivity index is 1.96. The van der Waals surface area contributed by atoms with E-state index in [4.69, 9.17) is 11.6 Å². The number of alkyl halides is 1. The average molecular weight is 291 g/mol. The van der Waals surface area contributed by atoms with Crippen LogP contribution in [0.4, 0.5) is 0 Å². The van der Waals surface area contributed by atoms with E-state index in [1.807, 2.05) is 30.5 Å². The van der Waals surface area contributed by atoms with E-state index in [2.05, 4.69) is 17.0 Å². The molecule has 0 spiro atoms. The third-order valence-electron chi connectivity index (χ3n) is 3.21. The third kappa shape index (κ3) is 4.51. The molecule has 2 aromatic rings. The number of nitrogens with zero attached hydrogens (tertiary/aromatic N) is 2. The van der Waals surface area contributed by atoms with Gasteiger partial charge in [-0.25, -0.2) is 0 Å². The normalized spacial score (nSPS) is 10.9. The van der Waals surface area contributed by atoms with Crippen molar-refractivity contribution in [3.63, 3.8) is 0 Å². The van der Waals surface area contributed by atoms with Gasteiger partial charge >= 0.3 is 0 Å². The van der Waals surface area contributed by atoms with Gasteiger partial charge in [0.25, 0.3) is 5.56 Å². The summed E-state index contributed by atoms with van der Waals surface area (Å²) in [6.07, 6.45) is 1.82. The van der Waals surface area contributed by atoms with E-state index in [9.17, 15) is 4.79 Å². The first-order valence-electron chi connectivity index (χ1n) is 6.77. The van der Waals surface area contributed by atoms with Crippen LogP contribution in [0.3, 0.4) is 0 Å². The van der Waals surface area contributed by atoms with E-state index < -0.39 is 0 Å². The van der Waals surface area contributed by atoms with Crippen molar-refractivity contribution in [3.05, 3.63) is 70.6 Å². The maximum atomic E-state index is 11.7. The van der Waals surface area contributed by atoms with Crippen LogP contribution < -0.4 is 5.56 Å². The molecule has 106 valence electrons. The minimum Gasteiger partial charge on any atom is -0.314 e. The van der Waals surface area contributed by atoms with Crippen LogP contribution in [0.25, 0.3) is 0 Å². The Morgan fingerprint density at radius 1 is 1.00 bits per heavy atom. The number of aromatic nitrogens is 1. The van der Waals surface area contributed by atoms with Crippen molar-refractivity contribution in [2.45, 2.75) is 13.1 Å². The van der Waals surface area contributed by atoms with Crippen molar-refractivity contribution in [1.82, 2.24) is 9.47 Å². The minimum absolute atomic E-state index is 0.0398. The van der Waals surface area contributed by atoms with Gasteiger partial charge in [-0.05, 0) is 11.6 Å². The number of hydrogen-bond acceptors (Lipinski definition) is 2. The standard InChI is InChI=1S/C16H19ClN2O/c17-9-11-18(14-15-6-2-1-3-7-15)12-13-19-10-5-4-8-16(19)20/h1-8,10H,9,11-14H2. The summed E-state index contributed by atoms with van der Waals surface area (Å²) in [5.74, 6) is 0.594. The average Bonchev–Trinajstić information content (AvgIpc) is 2.47. The molecule has 0 unspecified atom stereocenters. The summed E-state index contributed by atoms with van der Waals surface area (Å²) in [7, 11) is 0. The molecule has 3 nitrogen and oxygen atoms in total. The zero-order chi connectivity index (χ0) is 14.2. The molecule has 20 heavy (non-hydrogen) atoms. The predicted octanol–water partition coefficient (Wildman–Crippen LogP) is 2.59. The van der Waals surface area contributed by atoms with Gasteiger partial charge in [-0.2, -0.15) is 0 Å². The fraction of sp³-hybridized carbons (Fsp3) is 0.312. The molecule has 0 saturated carbocycles. The smallest absolute Gasteiger partial charge is 0.250 e. The van der Waals surface area contributed by atoms with Crippen LogP contribution in [0, 0.1) is 0 Å². The first kappa shape index (κ1) is 14.8. The number of hydrogen-bond donors (Lipinski definition) is 0. The van der Waals surface area contributed by atoms with Crippen LogP contribution in [0.1, 0.15) is 5.56 Å². The second-order valence-corrected chi connectivity index (χ2v) is 5.06. The van der Waals surface area contributed by atoms with E-state index in [1.54, 1.807) is 16.7 Å². The number of benzene rings is 1. The summed E-state index contributed by atoms with van der Waals surface area (Å²) in [5.41, 5.74) is 1.30. The number of halogens is 1. The second kappa shape index (κ2) is 7.88. The molecule has 4 heteroatoms. The molecule has 1 aromatic carbocycles. The Bertz CT molecular complexity index is 568. The molecular weight excluding hydrogens is 272 g/mol. The predicted molar refractivity (Wildman–Crippen MR) is 83.1 cm³/mol. The highest BCUT2D eigenvalue weighted by molar-refractivity contribution is 6.18. The first-order chi connectivity index (χ1) is 9.79. The second-order valence-electron chi connectivity index (χ2n) is 4.68. The Kier molecular flexibility index (Phi) is 5.84. The SMILES string of the molecule is O=c1ccccn1CCN(CCCl)Cc1ccccc1. The van der Waals surface area contributed by atoms with Crippen LogP contribution in [0.15, 0.2) is 59.5 Å². The zero-order valence-corrected chi connectivity index (χ0v) is 12.2. The Morgan fingerprint density at radius 2 is 1.75 bits per heavy atom. The first-order valence-corrected chi connectivity index (χ1v) is 7.31. The highest BCUT2D eigenvalue weighted by atomic mass is 35.5. The Hall–Kier alpha value is -1.58. The minimum atomic E-state index is 0.0398. The molecule has 1 heterocycles. The highest BCUT2D eigenvalue weighted by Crippen LogP contribution is 2.04. The van der Waals surface area contributed by atoms with Gasteiger partial charge in [-0.1, -0.05) is 36.4 Å². The Labute approximate surface area is 124 Å². The molecule has 2 rings (SSSR count). The van der Waals surface area contributed by atoms with E-state index in [0.29, 0.717) is 12.4 Å². The molecule has 0 radical (unpaired) electrons. The summed E-state index contributed by atoms with van der Waals surface area (Å²) >= 11 is 5.87. The summed E-state index contributed by atoms with van der Waals surface area (Å²) in [6.45, 7) is 3.17. The molecule has 0 N–H and O–H groups in total. The van der Waals surface area contributed by atoms with Gasteiger partial charge in [-0.3, -0.25) is 9.69 Å². The number of rotatable bonds is 7. The zero-order valence-electron chi connectivity index (χ0n) is 11.4. The van der Waals surface area contributed by atoms with E-state index in [1.165, 1.54) is 5.56 Å². The molecule has 0 aliphatic rings. The Morgan fingerprint density at radius 3 is 2.45 bits per heavy atom. The fourth-order valence-corrected chi connectivity index (χ4v) is 2.36. The van der Waals surface area contributed by atoms with Gasteiger partial charge in [0.15, 0.2) is 0 Å². The van der Waals surface area contributed by atoms with Crippen LogP contribution >= 0.6 is 11.6 Å². The maximum absolute atomic E-state index is 11.7. The van der Waals surface area contributed by atoms with Crippen molar-refractivity contribution in [2.24, 2.45) is 0 Å². The monoisotopic (exact) mass is 290 g/mol. The van der Waals surface area contributed by atoms with Crippen molar-refractivity contribution in [2.75, 3.05) is 19.0 Å². The molecule has 0 atom stereocenters. The van der Waals surface area contributed by atoms with E-state index >= 15 is 0 Å². The van der Waals surface area contributed by atoms with Crippen LogP contribution in [0.2, 0.25) is 0 Å². The van der Waals surface area contributed by atoms with E-state index in [-0.39, 0.29) is 5.56 Å². The summed E-state index contributed by atoms with van der Waals surface area (Å²) in [4.78, 5) is 13.9. The van der Waals surface area contributed by atoms with Crippen LogP contribution in [-0.2, 0) is 13.1 Å². The molecule has 1 aromatic heterocycles. The van der Waals surface area contributed by atoms with Gasteiger partial charge in [0.1, 0.15) is 0 Å². The topological polar surface area (TPSA) is 25.2 Å². The van der Waals surface area contributed by atoms with Crippen molar-refractivity contribution in [1.29, 1.82) is 0 Å². The van der Waals surface area contributed by atoms with Gasteiger partial charge in [0, 0.05) is 44.3 Å². The van der Waals surface area contributed by atoms with Crippen LogP contribution in [-0.4, -0.2) is 28.4 Å².